The van der Waals surface area contributed by atoms with Crippen LogP contribution in [0.3, 0.4) is 0 Å². The predicted molar refractivity (Wildman–Crippen MR) is 123 cm³/mol. The molecule has 0 bridgehead atoms. The van der Waals surface area contributed by atoms with E-state index in [9.17, 15) is 18.1 Å². The summed E-state index contributed by atoms with van der Waals surface area (Å²) in [6.07, 6.45) is 20.4. The fourth-order valence-corrected chi connectivity index (χ4v) is 4.91. The van der Waals surface area contributed by atoms with Crippen molar-refractivity contribution in [3.63, 3.8) is 0 Å². The van der Waals surface area contributed by atoms with E-state index in [1.807, 2.05) is 0 Å². The van der Waals surface area contributed by atoms with Crippen LogP contribution in [0.25, 0.3) is 0 Å². The Hall–Kier alpha value is 0.870. The Bertz CT molecular complexity index is 442. The summed E-state index contributed by atoms with van der Waals surface area (Å²) in [4.78, 5) is 0. The van der Waals surface area contributed by atoms with Gasteiger partial charge in [0.05, 0.1) is 16.2 Å². The summed E-state index contributed by atoms with van der Waals surface area (Å²) < 4.78 is 34.6. The van der Waals surface area contributed by atoms with Crippen molar-refractivity contribution in [1.29, 1.82) is 0 Å². The molecule has 4 nitrogen and oxygen atoms in total. The summed E-state index contributed by atoms with van der Waals surface area (Å²) in [5, 5.41) is 9.35. The van der Waals surface area contributed by atoms with Gasteiger partial charge in [-0.25, -0.2) is 8.42 Å². The van der Waals surface area contributed by atoms with Gasteiger partial charge in [0.25, 0.3) is 0 Å². The number of aliphatic hydroxyl groups is 1. The molecule has 0 aromatic rings. The standard InChI is InChI=1S/C24H50O4S.Na/c1-3-5-7-9-11-13-17-21-24(29(26,27)28)22-18-14-16-20-23(25)19-15-12-10-8-6-4-2;/h23-25H,3-22H2,1-2H3,(H,26,27,28);/q;+1/p-1. The second-order valence-electron chi connectivity index (χ2n) is 8.87. The third-order valence-corrected chi connectivity index (χ3v) is 7.28. The van der Waals surface area contributed by atoms with E-state index in [-0.39, 0.29) is 35.7 Å². The molecule has 6 heteroatoms. The van der Waals surface area contributed by atoms with E-state index in [0.717, 1.165) is 57.8 Å². The average Bonchev–Trinajstić information content (AvgIpc) is 2.67. The second-order valence-corrected chi connectivity index (χ2v) is 10.5. The molecule has 0 heterocycles. The Balaban J connectivity index is 0. The molecule has 2 atom stereocenters. The third-order valence-electron chi connectivity index (χ3n) is 5.99. The quantitative estimate of drug-likeness (QED) is 0.151. The Kier molecular flexibility index (Phi) is 25.4. The molecule has 0 radical (unpaired) electrons. The van der Waals surface area contributed by atoms with Crippen molar-refractivity contribution >= 4 is 10.1 Å². The first-order chi connectivity index (χ1) is 13.9. The van der Waals surface area contributed by atoms with Gasteiger partial charge in [0.2, 0.25) is 0 Å². The zero-order chi connectivity index (χ0) is 21.8. The molecule has 0 rings (SSSR count). The molecule has 176 valence electrons. The summed E-state index contributed by atoms with van der Waals surface area (Å²) in [7, 11) is -4.19. The van der Waals surface area contributed by atoms with E-state index in [1.54, 1.807) is 0 Å². The fraction of sp³-hybridized carbons (Fsp3) is 1.00. The maximum absolute atomic E-state index is 11.5. The Morgan fingerprint density at radius 3 is 1.27 bits per heavy atom. The maximum atomic E-state index is 11.5. The van der Waals surface area contributed by atoms with Crippen LogP contribution in [0.1, 0.15) is 142 Å². The van der Waals surface area contributed by atoms with Crippen molar-refractivity contribution < 1.29 is 47.6 Å². The van der Waals surface area contributed by atoms with E-state index in [4.69, 9.17) is 0 Å². The van der Waals surface area contributed by atoms with Crippen LogP contribution in [0.4, 0.5) is 0 Å². The molecule has 30 heavy (non-hydrogen) atoms. The van der Waals surface area contributed by atoms with Gasteiger partial charge in [0, 0.05) is 5.25 Å². The molecule has 0 aromatic carbocycles. The summed E-state index contributed by atoms with van der Waals surface area (Å²) in [5.74, 6) is 0. The number of hydrogen-bond donors (Lipinski definition) is 1. The normalized spacial score (nSPS) is 13.7. The molecule has 0 aliphatic carbocycles. The SMILES string of the molecule is CCCCCCCCCC(CCCCCC(O)CCCCCCCC)S(=O)(=O)[O-].[Na+]. The molecule has 2 unspecified atom stereocenters. The number of aliphatic hydroxyl groups excluding tert-OH is 1. The van der Waals surface area contributed by atoms with Crippen molar-refractivity contribution in [3.8, 4) is 0 Å². The number of hydrogen-bond acceptors (Lipinski definition) is 4. The van der Waals surface area contributed by atoms with Gasteiger partial charge in [0.15, 0.2) is 0 Å². The molecule has 0 spiro atoms. The summed E-state index contributed by atoms with van der Waals surface area (Å²) >= 11 is 0. The van der Waals surface area contributed by atoms with Crippen molar-refractivity contribution in [2.24, 2.45) is 0 Å². The topological polar surface area (TPSA) is 77.4 Å². The van der Waals surface area contributed by atoms with Gasteiger partial charge in [-0.05, 0) is 25.7 Å². The second kappa shape index (κ2) is 23.0. The Labute approximate surface area is 210 Å². The minimum Gasteiger partial charge on any atom is -0.748 e. The minimum atomic E-state index is -4.19. The van der Waals surface area contributed by atoms with Crippen LogP contribution >= 0.6 is 0 Å². The van der Waals surface area contributed by atoms with Crippen LogP contribution in [-0.2, 0) is 10.1 Å². The van der Waals surface area contributed by atoms with E-state index >= 15 is 0 Å². The van der Waals surface area contributed by atoms with Crippen LogP contribution in [0.15, 0.2) is 0 Å². The van der Waals surface area contributed by atoms with Crippen molar-refractivity contribution in [2.75, 3.05) is 0 Å². The van der Waals surface area contributed by atoms with Crippen LogP contribution in [0, 0.1) is 0 Å². The summed E-state index contributed by atoms with van der Waals surface area (Å²) in [6, 6.07) is 0. The number of rotatable bonds is 22. The van der Waals surface area contributed by atoms with Crippen molar-refractivity contribution in [2.45, 2.75) is 154 Å². The van der Waals surface area contributed by atoms with Gasteiger partial charge in [-0.3, -0.25) is 0 Å². The zero-order valence-corrected chi connectivity index (χ0v) is 23.2. The van der Waals surface area contributed by atoms with Gasteiger partial charge >= 0.3 is 29.6 Å². The molecular weight excluding hydrogens is 407 g/mol. The van der Waals surface area contributed by atoms with E-state index in [2.05, 4.69) is 13.8 Å². The smallest absolute Gasteiger partial charge is 0.748 e. The summed E-state index contributed by atoms with van der Waals surface area (Å²) in [5.41, 5.74) is 0. The van der Waals surface area contributed by atoms with Crippen molar-refractivity contribution in [3.05, 3.63) is 0 Å². The zero-order valence-electron chi connectivity index (χ0n) is 20.4. The van der Waals surface area contributed by atoms with Gasteiger partial charge in [-0.2, -0.15) is 0 Å². The van der Waals surface area contributed by atoms with E-state index in [0.29, 0.717) is 12.8 Å². The molecule has 0 aliphatic rings. The van der Waals surface area contributed by atoms with Crippen LogP contribution < -0.4 is 29.6 Å². The Morgan fingerprint density at radius 2 is 0.900 bits per heavy atom. The van der Waals surface area contributed by atoms with Crippen LogP contribution in [0.2, 0.25) is 0 Å². The predicted octanol–water partition coefficient (Wildman–Crippen LogP) is 4.11. The molecule has 0 saturated carbocycles. The van der Waals surface area contributed by atoms with Gasteiger partial charge in [-0.15, -0.1) is 0 Å². The molecular formula is C24H49NaO4S. The monoisotopic (exact) mass is 456 g/mol. The largest absolute Gasteiger partial charge is 1.00 e. The van der Waals surface area contributed by atoms with Crippen molar-refractivity contribution in [1.82, 2.24) is 0 Å². The first kappa shape index (κ1) is 33.0. The maximum Gasteiger partial charge on any atom is 1.00 e. The molecule has 0 amide bonds. The Morgan fingerprint density at radius 1 is 0.600 bits per heavy atom. The molecule has 0 aliphatic heterocycles. The molecule has 1 N–H and O–H groups in total. The average molecular weight is 457 g/mol. The van der Waals surface area contributed by atoms with Crippen LogP contribution in [0.5, 0.6) is 0 Å². The van der Waals surface area contributed by atoms with Gasteiger partial charge in [0.1, 0.15) is 0 Å². The first-order valence-corrected chi connectivity index (χ1v) is 14.0. The van der Waals surface area contributed by atoms with Gasteiger partial charge in [-0.1, -0.05) is 117 Å². The molecule has 0 aromatic heterocycles. The first-order valence-electron chi connectivity index (χ1n) is 12.5. The fourth-order valence-electron chi connectivity index (χ4n) is 4.00. The summed E-state index contributed by atoms with van der Waals surface area (Å²) in [6.45, 7) is 4.41. The number of unbranched alkanes of at least 4 members (excludes halogenated alkanes) is 13. The van der Waals surface area contributed by atoms with E-state index in [1.165, 1.54) is 57.8 Å². The minimum absolute atomic E-state index is 0. The van der Waals surface area contributed by atoms with Crippen LogP contribution in [-0.4, -0.2) is 29.4 Å². The molecule has 0 fully saturated rings. The van der Waals surface area contributed by atoms with Gasteiger partial charge < -0.3 is 9.66 Å². The van der Waals surface area contributed by atoms with E-state index < -0.39 is 15.4 Å². The third kappa shape index (κ3) is 22.1. The molecule has 0 saturated heterocycles.